The normalized spacial score (nSPS) is 19.0. The van der Waals surface area contributed by atoms with E-state index in [1.165, 1.54) is 6.42 Å². The van der Waals surface area contributed by atoms with E-state index in [1.807, 2.05) is 34.9 Å². The van der Waals surface area contributed by atoms with E-state index in [4.69, 9.17) is 4.42 Å². The Morgan fingerprint density at radius 1 is 1.13 bits per heavy atom. The van der Waals surface area contributed by atoms with Gasteiger partial charge in [0.1, 0.15) is 18.1 Å². The number of carbonyl (C=O) groups excluding carboxylic acids is 2. The van der Waals surface area contributed by atoms with Crippen molar-refractivity contribution in [3.8, 4) is 0 Å². The maximum Gasteiger partial charge on any atom is 0.240 e. The van der Waals surface area contributed by atoms with Crippen molar-refractivity contribution >= 4 is 22.8 Å². The number of rotatable bonds is 7. The van der Waals surface area contributed by atoms with Crippen LogP contribution in [0.5, 0.6) is 0 Å². The topological polar surface area (TPSA) is 89.2 Å². The van der Waals surface area contributed by atoms with Gasteiger partial charge < -0.3 is 19.6 Å². The van der Waals surface area contributed by atoms with Gasteiger partial charge in [-0.25, -0.2) is 4.98 Å². The molecule has 30 heavy (non-hydrogen) atoms. The third-order valence-electron chi connectivity index (χ3n) is 5.85. The summed E-state index contributed by atoms with van der Waals surface area (Å²) in [5.74, 6) is 1.57. The van der Waals surface area contributed by atoms with Crippen LogP contribution in [0.1, 0.15) is 44.2 Å². The van der Waals surface area contributed by atoms with E-state index in [0.29, 0.717) is 24.0 Å². The molecule has 7 heteroatoms. The van der Waals surface area contributed by atoms with Crippen molar-refractivity contribution in [3.05, 3.63) is 54.2 Å². The monoisotopic (exact) mass is 408 g/mol. The van der Waals surface area contributed by atoms with Gasteiger partial charge in [0.25, 0.3) is 0 Å². The molecule has 2 amide bonds. The quantitative estimate of drug-likeness (QED) is 0.628. The van der Waals surface area contributed by atoms with Crippen LogP contribution < -0.4 is 10.6 Å². The van der Waals surface area contributed by atoms with Crippen LogP contribution >= 0.6 is 0 Å². The van der Waals surface area contributed by atoms with Gasteiger partial charge in [0.2, 0.25) is 11.8 Å². The molecule has 1 saturated carbocycles. The van der Waals surface area contributed by atoms with Gasteiger partial charge in [-0.15, -0.1) is 0 Å². The van der Waals surface area contributed by atoms with Crippen LogP contribution in [-0.2, 0) is 29.1 Å². The molecule has 0 radical (unpaired) electrons. The van der Waals surface area contributed by atoms with Gasteiger partial charge >= 0.3 is 0 Å². The molecule has 158 valence electrons. The summed E-state index contributed by atoms with van der Waals surface area (Å²) in [4.78, 5) is 29.9. The SMILES string of the molecule is CC1CCCCC1NC(=O)Cn1c(CC(=O)NCc2ccco2)nc2ccccc21. The van der Waals surface area contributed by atoms with Crippen LogP contribution in [0, 0.1) is 5.92 Å². The Balaban J connectivity index is 1.47. The summed E-state index contributed by atoms with van der Waals surface area (Å²) in [7, 11) is 0. The summed E-state index contributed by atoms with van der Waals surface area (Å²) >= 11 is 0. The first-order valence-corrected chi connectivity index (χ1v) is 10.6. The smallest absolute Gasteiger partial charge is 0.240 e. The van der Waals surface area contributed by atoms with Crippen LogP contribution in [0.2, 0.25) is 0 Å². The minimum Gasteiger partial charge on any atom is -0.467 e. The zero-order valence-corrected chi connectivity index (χ0v) is 17.3. The highest BCUT2D eigenvalue weighted by Gasteiger charge is 2.24. The molecule has 0 spiro atoms. The molecule has 2 N–H and O–H groups in total. The van der Waals surface area contributed by atoms with Crippen molar-refractivity contribution in [2.45, 2.75) is 58.2 Å². The second-order valence-electron chi connectivity index (χ2n) is 8.07. The largest absolute Gasteiger partial charge is 0.467 e. The van der Waals surface area contributed by atoms with Gasteiger partial charge in [-0.1, -0.05) is 31.9 Å². The molecule has 3 aromatic rings. The van der Waals surface area contributed by atoms with Crippen LogP contribution in [-0.4, -0.2) is 27.4 Å². The predicted octanol–water partition coefficient (Wildman–Crippen LogP) is 3.18. The van der Waals surface area contributed by atoms with Gasteiger partial charge in [0, 0.05) is 6.04 Å². The Morgan fingerprint density at radius 3 is 2.77 bits per heavy atom. The highest BCUT2D eigenvalue weighted by Crippen LogP contribution is 2.24. The van der Waals surface area contributed by atoms with E-state index < -0.39 is 0 Å². The van der Waals surface area contributed by atoms with E-state index in [9.17, 15) is 9.59 Å². The van der Waals surface area contributed by atoms with Crippen molar-refractivity contribution in [2.24, 2.45) is 5.92 Å². The number of carbonyl (C=O) groups is 2. The maximum absolute atomic E-state index is 12.8. The Hall–Kier alpha value is -3.09. The van der Waals surface area contributed by atoms with Gasteiger partial charge in [0.05, 0.1) is 30.3 Å². The number of benzene rings is 1. The second-order valence-corrected chi connectivity index (χ2v) is 8.07. The van der Waals surface area contributed by atoms with E-state index in [-0.39, 0.29) is 30.8 Å². The summed E-state index contributed by atoms with van der Waals surface area (Å²) in [6.45, 7) is 2.68. The third-order valence-corrected chi connectivity index (χ3v) is 5.85. The fraction of sp³-hybridized carbons (Fsp3) is 0.435. The van der Waals surface area contributed by atoms with Crippen LogP contribution in [0.3, 0.4) is 0 Å². The zero-order chi connectivity index (χ0) is 20.9. The molecule has 0 saturated heterocycles. The second kappa shape index (κ2) is 9.15. The molecule has 0 aliphatic heterocycles. The van der Waals surface area contributed by atoms with Crippen molar-refractivity contribution in [1.29, 1.82) is 0 Å². The number of hydrogen-bond acceptors (Lipinski definition) is 4. The molecule has 1 aliphatic carbocycles. The number of para-hydroxylation sites is 2. The molecule has 7 nitrogen and oxygen atoms in total. The first kappa shape index (κ1) is 20.2. The number of aromatic nitrogens is 2. The van der Waals surface area contributed by atoms with Crippen LogP contribution in [0.4, 0.5) is 0 Å². The molecule has 4 rings (SSSR count). The number of nitrogens with zero attached hydrogens (tertiary/aromatic N) is 2. The maximum atomic E-state index is 12.8. The van der Waals surface area contributed by atoms with Crippen LogP contribution in [0.25, 0.3) is 11.0 Å². The fourth-order valence-electron chi connectivity index (χ4n) is 4.17. The number of furan rings is 1. The van der Waals surface area contributed by atoms with Crippen LogP contribution in [0.15, 0.2) is 47.1 Å². The Kier molecular flexibility index (Phi) is 6.16. The predicted molar refractivity (Wildman–Crippen MR) is 114 cm³/mol. The molecular weight excluding hydrogens is 380 g/mol. The minimum absolute atomic E-state index is 0.0332. The number of nitrogens with one attached hydrogen (secondary N) is 2. The number of imidazole rings is 1. The lowest BCUT2D eigenvalue weighted by Gasteiger charge is -2.29. The summed E-state index contributed by atoms with van der Waals surface area (Å²) in [6, 6.07) is 11.5. The summed E-state index contributed by atoms with van der Waals surface area (Å²) in [6.07, 6.45) is 6.25. The molecule has 1 aromatic carbocycles. The van der Waals surface area contributed by atoms with E-state index in [1.54, 1.807) is 12.3 Å². The molecule has 2 heterocycles. The minimum atomic E-state index is -0.163. The third kappa shape index (κ3) is 4.72. The molecule has 2 atom stereocenters. The molecule has 2 aromatic heterocycles. The highest BCUT2D eigenvalue weighted by atomic mass is 16.3. The zero-order valence-electron chi connectivity index (χ0n) is 17.3. The van der Waals surface area contributed by atoms with E-state index in [2.05, 4.69) is 22.5 Å². The number of amides is 2. The number of fused-ring (bicyclic) bond motifs is 1. The van der Waals surface area contributed by atoms with Gasteiger partial charge in [-0.05, 0) is 43.0 Å². The van der Waals surface area contributed by atoms with E-state index in [0.717, 1.165) is 30.3 Å². The molecule has 1 aliphatic rings. The first-order chi connectivity index (χ1) is 14.6. The van der Waals surface area contributed by atoms with Crippen molar-refractivity contribution < 1.29 is 14.0 Å². The Morgan fingerprint density at radius 2 is 1.97 bits per heavy atom. The lowest BCUT2D eigenvalue weighted by Crippen LogP contribution is -2.42. The highest BCUT2D eigenvalue weighted by molar-refractivity contribution is 5.83. The number of hydrogen-bond donors (Lipinski definition) is 2. The Bertz CT molecular complexity index is 1010. The molecule has 2 unspecified atom stereocenters. The first-order valence-electron chi connectivity index (χ1n) is 10.6. The molecule has 1 fully saturated rings. The lowest BCUT2D eigenvalue weighted by atomic mass is 9.86. The van der Waals surface area contributed by atoms with Gasteiger partial charge in [-0.3, -0.25) is 9.59 Å². The van der Waals surface area contributed by atoms with Crippen molar-refractivity contribution in [1.82, 2.24) is 20.2 Å². The average molecular weight is 409 g/mol. The van der Waals surface area contributed by atoms with Crippen molar-refractivity contribution in [3.63, 3.8) is 0 Å². The molecular formula is C23H28N4O3. The standard InChI is InChI=1S/C23H28N4O3/c1-16-7-2-3-9-18(16)26-23(29)15-27-20-11-5-4-10-19(20)25-21(27)13-22(28)24-14-17-8-6-12-30-17/h4-6,8,10-12,16,18H,2-3,7,9,13-15H2,1H3,(H,24,28)(H,26,29). The summed E-state index contributed by atoms with van der Waals surface area (Å²) in [5.41, 5.74) is 1.64. The Labute approximate surface area is 175 Å². The average Bonchev–Trinajstić information content (AvgIpc) is 3.37. The van der Waals surface area contributed by atoms with Gasteiger partial charge in [-0.2, -0.15) is 0 Å². The lowest BCUT2D eigenvalue weighted by molar-refractivity contribution is -0.123. The van der Waals surface area contributed by atoms with Crippen molar-refractivity contribution in [2.75, 3.05) is 0 Å². The summed E-state index contributed by atoms with van der Waals surface area (Å²) in [5, 5.41) is 6.04. The van der Waals surface area contributed by atoms with Gasteiger partial charge in [0.15, 0.2) is 0 Å². The summed E-state index contributed by atoms with van der Waals surface area (Å²) < 4.78 is 7.10. The fourth-order valence-corrected chi connectivity index (χ4v) is 4.17. The molecule has 0 bridgehead atoms. The van der Waals surface area contributed by atoms with E-state index >= 15 is 0 Å².